The maximum atomic E-state index is 13.6. The van der Waals surface area contributed by atoms with Crippen LogP contribution in [0, 0.1) is 11.6 Å². The van der Waals surface area contributed by atoms with Crippen molar-refractivity contribution < 1.29 is 18.3 Å². The lowest BCUT2D eigenvalue weighted by molar-refractivity contribution is 0.171. The van der Waals surface area contributed by atoms with Crippen LogP contribution in [0.4, 0.5) is 14.5 Å². The van der Waals surface area contributed by atoms with Crippen LogP contribution in [0.15, 0.2) is 40.1 Å². The third kappa shape index (κ3) is 2.51. The Morgan fingerprint density at radius 3 is 2.35 bits per heavy atom. The van der Waals surface area contributed by atoms with Crippen LogP contribution in [0.2, 0.25) is 0 Å². The smallest absolute Gasteiger partial charge is 0.163 e. The standard InChI is InChI=1S/C14H11F2NO2S/c15-8-1-2-13(9(16)5-8)20-14-7-12-11(6-10(14)17)18-3-4-19-12/h1-2,5-7H,3-4,17H2. The molecule has 0 radical (unpaired) electrons. The topological polar surface area (TPSA) is 44.5 Å². The lowest BCUT2D eigenvalue weighted by Gasteiger charge is -2.20. The Bertz CT molecular complexity index is 664. The van der Waals surface area contributed by atoms with E-state index in [2.05, 4.69) is 0 Å². The summed E-state index contributed by atoms with van der Waals surface area (Å²) in [4.78, 5) is 0.939. The van der Waals surface area contributed by atoms with E-state index in [4.69, 9.17) is 15.2 Å². The summed E-state index contributed by atoms with van der Waals surface area (Å²) in [7, 11) is 0. The quantitative estimate of drug-likeness (QED) is 0.862. The molecule has 3 nitrogen and oxygen atoms in total. The molecule has 2 aromatic carbocycles. The van der Waals surface area contributed by atoms with Crippen LogP contribution >= 0.6 is 11.8 Å². The number of hydrogen-bond donors (Lipinski definition) is 1. The maximum absolute atomic E-state index is 13.6. The summed E-state index contributed by atoms with van der Waals surface area (Å²) in [6.45, 7) is 0.942. The average molecular weight is 295 g/mol. The van der Waals surface area contributed by atoms with Crippen molar-refractivity contribution in [2.45, 2.75) is 9.79 Å². The molecule has 0 atom stereocenters. The fourth-order valence-electron chi connectivity index (χ4n) is 1.85. The Morgan fingerprint density at radius 2 is 1.65 bits per heavy atom. The minimum absolute atomic E-state index is 0.301. The molecule has 20 heavy (non-hydrogen) atoms. The summed E-state index contributed by atoms with van der Waals surface area (Å²) in [5.41, 5.74) is 6.38. The lowest BCUT2D eigenvalue weighted by Crippen LogP contribution is -2.15. The monoisotopic (exact) mass is 295 g/mol. The van der Waals surface area contributed by atoms with Crippen LogP contribution in [0.25, 0.3) is 0 Å². The van der Waals surface area contributed by atoms with Crippen LogP contribution in [-0.4, -0.2) is 13.2 Å². The van der Waals surface area contributed by atoms with Crippen LogP contribution in [0.1, 0.15) is 0 Å². The summed E-state index contributed by atoms with van der Waals surface area (Å²) < 4.78 is 37.4. The first kappa shape index (κ1) is 13.1. The highest BCUT2D eigenvalue weighted by atomic mass is 32.2. The molecule has 1 heterocycles. The van der Waals surface area contributed by atoms with Gasteiger partial charge < -0.3 is 15.2 Å². The van der Waals surface area contributed by atoms with Gasteiger partial charge in [0.15, 0.2) is 11.5 Å². The number of rotatable bonds is 2. The van der Waals surface area contributed by atoms with Gasteiger partial charge in [-0.3, -0.25) is 0 Å². The van der Waals surface area contributed by atoms with Gasteiger partial charge in [0, 0.05) is 33.7 Å². The number of hydrogen-bond acceptors (Lipinski definition) is 4. The fraction of sp³-hybridized carbons (Fsp3) is 0.143. The molecule has 0 saturated heterocycles. The predicted molar refractivity (Wildman–Crippen MR) is 72.3 cm³/mol. The Hall–Kier alpha value is -1.95. The van der Waals surface area contributed by atoms with E-state index >= 15 is 0 Å². The SMILES string of the molecule is Nc1cc2c(cc1Sc1ccc(F)cc1F)OCCO2. The zero-order valence-electron chi connectivity index (χ0n) is 10.4. The van der Waals surface area contributed by atoms with Gasteiger partial charge in [0.2, 0.25) is 0 Å². The summed E-state index contributed by atoms with van der Waals surface area (Å²) in [6, 6.07) is 6.79. The van der Waals surface area contributed by atoms with E-state index in [1.165, 1.54) is 12.1 Å². The van der Waals surface area contributed by atoms with Crippen molar-refractivity contribution in [3.05, 3.63) is 42.0 Å². The van der Waals surface area contributed by atoms with E-state index in [1.807, 2.05) is 0 Å². The van der Waals surface area contributed by atoms with E-state index < -0.39 is 11.6 Å². The Kier molecular flexibility index (Phi) is 3.40. The molecule has 0 spiro atoms. The highest BCUT2D eigenvalue weighted by molar-refractivity contribution is 7.99. The van der Waals surface area contributed by atoms with Crippen LogP contribution < -0.4 is 15.2 Å². The fourth-order valence-corrected chi connectivity index (χ4v) is 2.72. The third-order valence-electron chi connectivity index (χ3n) is 2.79. The van der Waals surface area contributed by atoms with Gasteiger partial charge in [0.05, 0.1) is 0 Å². The van der Waals surface area contributed by atoms with Crippen LogP contribution in [-0.2, 0) is 0 Å². The first-order valence-corrected chi connectivity index (χ1v) is 6.77. The average Bonchev–Trinajstić information content (AvgIpc) is 2.42. The summed E-state index contributed by atoms with van der Waals surface area (Å²) in [5.74, 6) is -0.0700. The summed E-state index contributed by atoms with van der Waals surface area (Å²) >= 11 is 1.12. The Morgan fingerprint density at radius 1 is 0.950 bits per heavy atom. The Balaban J connectivity index is 1.94. The van der Waals surface area contributed by atoms with Gasteiger partial charge in [-0.2, -0.15) is 0 Å². The molecular weight excluding hydrogens is 284 g/mol. The van der Waals surface area contributed by atoms with E-state index in [0.717, 1.165) is 17.8 Å². The Labute approximate surface area is 118 Å². The lowest BCUT2D eigenvalue weighted by atomic mass is 10.2. The van der Waals surface area contributed by atoms with Gasteiger partial charge in [0.25, 0.3) is 0 Å². The van der Waals surface area contributed by atoms with Crippen molar-refractivity contribution in [3.63, 3.8) is 0 Å². The molecule has 0 saturated carbocycles. The number of fused-ring (bicyclic) bond motifs is 1. The van der Waals surface area contributed by atoms with E-state index in [1.54, 1.807) is 12.1 Å². The number of halogens is 2. The number of anilines is 1. The second kappa shape index (κ2) is 5.20. The van der Waals surface area contributed by atoms with Gasteiger partial charge in [-0.1, -0.05) is 11.8 Å². The molecule has 0 unspecified atom stereocenters. The normalized spacial score (nSPS) is 13.3. The molecule has 1 aliphatic heterocycles. The van der Waals surface area contributed by atoms with Gasteiger partial charge >= 0.3 is 0 Å². The molecule has 0 aliphatic carbocycles. The molecule has 104 valence electrons. The molecule has 0 fully saturated rings. The molecule has 1 aliphatic rings. The van der Waals surface area contributed by atoms with Gasteiger partial charge in [-0.15, -0.1) is 0 Å². The number of ether oxygens (including phenoxy) is 2. The number of benzene rings is 2. The van der Waals surface area contributed by atoms with E-state index in [0.29, 0.717) is 40.2 Å². The third-order valence-corrected chi connectivity index (χ3v) is 3.91. The molecule has 2 aromatic rings. The molecule has 2 N–H and O–H groups in total. The first-order chi connectivity index (χ1) is 9.63. The highest BCUT2D eigenvalue weighted by Gasteiger charge is 2.16. The number of nitrogens with two attached hydrogens (primary N) is 1. The maximum Gasteiger partial charge on any atom is 0.163 e. The van der Waals surface area contributed by atoms with Crippen LogP contribution in [0.3, 0.4) is 0 Å². The van der Waals surface area contributed by atoms with Gasteiger partial charge in [0.1, 0.15) is 24.8 Å². The van der Waals surface area contributed by atoms with E-state index in [-0.39, 0.29) is 0 Å². The summed E-state index contributed by atoms with van der Waals surface area (Å²) in [6.07, 6.45) is 0. The van der Waals surface area contributed by atoms with Crippen molar-refractivity contribution in [2.24, 2.45) is 0 Å². The minimum Gasteiger partial charge on any atom is -0.486 e. The van der Waals surface area contributed by atoms with E-state index in [9.17, 15) is 8.78 Å². The van der Waals surface area contributed by atoms with Gasteiger partial charge in [-0.05, 0) is 12.1 Å². The largest absolute Gasteiger partial charge is 0.486 e. The number of nitrogen functional groups attached to an aromatic ring is 1. The van der Waals surface area contributed by atoms with Crippen molar-refractivity contribution in [1.29, 1.82) is 0 Å². The van der Waals surface area contributed by atoms with Crippen molar-refractivity contribution >= 4 is 17.4 Å². The zero-order valence-corrected chi connectivity index (χ0v) is 11.2. The minimum atomic E-state index is -0.621. The van der Waals surface area contributed by atoms with Crippen LogP contribution in [0.5, 0.6) is 11.5 Å². The summed E-state index contributed by atoms with van der Waals surface area (Å²) in [5, 5.41) is 0. The van der Waals surface area contributed by atoms with Gasteiger partial charge in [-0.25, -0.2) is 8.78 Å². The molecule has 3 rings (SSSR count). The van der Waals surface area contributed by atoms with Crippen molar-refractivity contribution in [1.82, 2.24) is 0 Å². The molecule has 0 amide bonds. The molecule has 6 heteroatoms. The van der Waals surface area contributed by atoms with Crippen molar-refractivity contribution in [3.8, 4) is 11.5 Å². The first-order valence-electron chi connectivity index (χ1n) is 5.95. The molecular formula is C14H11F2NO2S. The zero-order chi connectivity index (χ0) is 14.1. The second-order valence-electron chi connectivity index (χ2n) is 4.21. The predicted octanol–water partition coefficient (Wildman–Crippen LogP) is 3.47. The second-order valence-corrected chi connectivity index (χ2v) is 5.29. The molecule has 0 bridgehead atoms. The van der Waals surface area contributed by atoms with Crippen molar-refractivity contribution in [2.75, 3.05) is 18.9 Å². The highest BCUT2D eigenvalue weighted by Crippen LogP contribution is 2.41. The molecule has 0 aromatic heterocycles.